The first-order chi connectivity index (χ1) is 9.85. The van der Waals surface area contributed by atoms with Gasteiger partial charge in [-0.05, 0) is 43.2 Å². The monoisotopic (exact) mass is 290 g/mol. The number of hydrogen-bond donors (Lipinski definition) is 2. The summed E-state index contributed by atoms with van der Waals surface area (Å²) >= 11 is 0. The molecule has 1 rings (SSSR count). The molecule has 2 amide bonds. The predicted molar refractivity (Wildman–Crippen MR) is 78.6 cm³/mol. The van der Waals surface area contributed by atoms with Crippen molar-refractivity contribution in [3.63, 3.8) is 0 Å². The van der Waals surface area contributed by atoms with Crippen LogP contribution in [-0.2, 0) is 9.59 Å². The Bertz CT molecular complexity index is 593. The normalized spacial score (nSPS) is 10.6. The molecule has 3 N–H and O–H groups in total. The van der Waals surface area contributed by atoms with Crippen LogP contribution in [0.25, 0.3) is 6.08 Å². The fourth-order valence-electron chi connectivity index (χ4n) is 1.81. The smallest absolute Gasteiger partial charge is 0.328 e. The highest BCUT2D eigenvalue weighted by atomic mass is 16.4. The van der Waals surface area contributed by atoms with Gasteiger partial charge in [0.25, 0.3) is 5.91 Å². The van der Waals surface area contributed by atoms with E-state index >= 15 is 0 Å². The van der Waals surface area contributed by atoms with Crippen LogP contribution in [-0.4, -0.2) is 40.9 Å². The maximum absolute atomic E-state index is 12.3. The molecule has 0 atom stereocenters. The Morgan fingerprint density at radius 1 is 1.33 bits per heavy atom. The molecule has 21 heavy (non-hydrogen) atoms. The molecular formula is C15H18N2O4. The molecule has 112 valence electrons. The van der Waals surface area contributed by atoms with Crippen LogP contribution in [0.2, 0.25) is 0 Å². The highest BCUT2D eigenvalue weighted by Crippen LogP contribution is 2.15. The van der Waals surface area contributed by atoms with E-state index in [4.69, 9.17) is 10.8 Å². The number of aliphatic carboxylic acids is 1. The first-order valence-electron chi connectivity index (χ1n) is 6.44. The second kappa shape index (κ2) is 7.23. The highest BCUT2D eigenvalue weighted by molar-refractivity contribution is 5.97. The number of nitrogens with two attached hydrogens (primary N) is 1. The van der Waals surface area contributed by atoms with Crippen LogP contribution < -0.4 is 5.73 Å². The van der Waals surface area contributed by atoms with Crippen molar-refractivity contribution < 1.29 is 19.5 Å². The standard InChI is InChI=1S/C15H18N2O4/c1-3-17(9-13(16)18)15(21)12-5-4-10(2)11(8-12)6-7-14(19)20/h4-8H,3,9H2,1-2H3,(H2,16,18)(H,19,20)/b7-6+. The number of carboxylic acid groups (broad SMARTS) is 1. The minimum Gasteiger partial charge on any atom is -0.478 e. The molecule has 0 aliphatic rings. The lowest BCUT2D eigenvalue weighted by molar-refractivity contribution is -0.131. The zero-order valence-corrected chi connectivity index (χ0v) is 12.0. The van der Waals surface area contributed by atoms with E-state index in [1.807, 2.05) is 6.92 Å². The van der Waals surface area contributed by atoms with E-state index in [0.29, 0.717) is 17.7 Å². The van der Waals surface area contributed by atoms with Gasteiger partial charge in [0.1, 0.15) is 0 Å². The van der Waals surface area contributed by atoms with Gasteiger partial charge in [-0.25, -0.2) is 4.79 Å². The SMILES string of the molecule is CCN(CC(N)=O)C(=O)c1ccc(C)c(/C=C/C(=O)O)c1. The summed E-state index contributed by atoms with van der Waals surface area (Å²) in [6, 6.07) is 4.97. The van der Waals surface area contributed by atoms with Crippen molar-refractivity contribution in [1.29, 1.82) is 0 Å². The lowest BCUT2D eigenvalue weighted by Crippen LogP contribution is -2.38. The second-order valence-electron chi connectivity index (χ2n) is 4.53. The number of carbonyl (C=O) groups excluding carboxylic acids is 2. The van der Waals surface area contributed by atoms with Gasteiger partial charge in [0.05, 0.1) is 6.54 Å². The number of hydrogen-bond acceptors (Lipinski definition) is 3. The zero-order chi connectivity index (χ0) is 16.0. The van der Waals surface area contributed by atoms with Gasteiger partial charge in [0.15, 0.2) is 0 Å². The van der Waals surface area contributed by atoms with Gasteiger partial charge in [-0.3, -0.25) is 9.59 Å². The molecule has 0 bridgehead atoms. The number of benzene rings is 1. The molecule has 0 heterocycles. The lowest BCUT2D eigenvalue weighted by atomic mass is 10.0. The fraction of sp³-hybridized carbons (Fsp3) is 0.267. The maximum atomic E-state index is 12.3. The second-order valence-corrected chi connectivity index (χ2v) is 4.53. The van der Waals surface area contributed by atoms with Crippen LogP contribution in [0, 0.1) is 6.92 Å². The van der Waals surface area contributed by atoms with E-state index in [9.17, 15) is 14.4 Å². The van der Waals surface area contributed by atoms with Crippen LogP contribution in [0.3, 0.4) is 0 Å². The Kier molecular flexibility index (Phi) is 5.66. The largest absolute Gasteiger partial charge is 0.478 e. The molecule has 6 heteroatoms. The number of rotatable bonds is 6. The predicted octanol–water partition coefficient (Wildman–Crippen LogP) is 1.04. The van der Waals surface area contributed by atoms with E-state index in [-0.39, 0.29) is 12.5 Å². The third-order valence-corrected chi connectivity index (χ3v) is 2.95. The minimum absolute atomic E-state index is 0.149. The molecule has 0 aromatic heterocycles. The molecule has 0 aliphatic heterocycles. The van der Waals surface area contributed by atoms with Crippen molar-refractivity contribution in [1.82, 2.24) is 4.90 Å². The number of aryl methyl sites for hydroxylation is 1. The number of carbonyl (C=O) groups is 3. The minimum atomic E-state index is -1.06. The van der Waals surface area contributed by atoms with Crippen LogP contribution in [0.15, 0.2) is 24.3 Å². The molecule has 0 spiro atoms. The van der Waals surface area contributed by atoms with Gasteiger partial charge in [-0.1, -0.05) is 6.07 Å². The van der Waals surface area contributed by atoms with Crippen molar-refractivity contribution >= 4 is 23.9 Å². The summed E-state index contributed by atoms with van der Waals surface area (Å²) in [5.74, 6) is -1.96. The van der Waals surface area contributed by atoms with Gasteiger partial charge in [0.2, 0.25) is 5.91 Å². The fourth-order valence-corrected chi connectivity index (χ4v) is 1.81. The Hall–Kier alpha value is -2.63. The first kappa shape index (κ1) is 16.4. The summed E-state index contributed by atoms with van der Waals surface area (Å²) in [4.78, 5) is 35.1. The quantitative estimate of drug-likeness (QED) is 0.764. The number of amides is 2. The van der Waals surface area contributed by atoms with E-state index in [2.05, 4.69) is 0 Å². The average molecular weight is 290 g/mol. The summed E-state index contributed by atoms with van der Waals surface area (Å²) < 4.78 is 0. The average Bonchev–Trinajstić information content (AvgIpc) is 2.42. The van der Waals surface area contributed by atoms with E-state index < -0.39 is 11.9 Å². The topological polar surface area (TPSA) is 101 Å². The van der Waals surface area contributed by atoms with Crippen molar-refractivity contribution in [2.45, 2.75) is 13.8 Å². The van der Waals surface area contributed by atoms with E-state index in [1.54, 1.807) is 25.1 Å². The van der Waals surface area contributed by atoms with E-state index in [1.165, 1.54) is 11.0 Å². The number of carboxylic acids is 1. The van der Waals surface area contributed by atoms with Gasteiger partial charge in [0, 0.05) is 18.2 Å². The Labute approximate surface area is 122 Å². The highest BCUT2D eigenvalue weighted by Gasteiger charge is 2.16. The van der Waals surface area contributed by atoms with Gasteiger partial charge in [-0.15, -0.1) is 0 Å². The van der Waals surface area contributed by atoms with Crippen LogP contribution in [0.1, 0.15) is 28.4 Å². The summed E-state index contributed by atoms with van der Waals surface area (Å²) in [5, 5.41) is 8.66. The Morgan fingerprint density at radius 2 is 2.00 bits per heavy atom. The van der Waals surface area contributed by atoms with Crippen molar-refractivity contribution in [3.8, 4) is 0 Å². The summed E-state index contributed by atoms with van der Waals surface area (Å²) in [6.45, 7) is 3.77. The zero-order valence-electron chi connectivity index (χ0n) is 12.0. The molecule has 6 nitrogen and oxygen atoms in total. The molecular weight excluding hydrogens is 272 g/mol. The van der Waals surface area contributed by atoms with Crippen molar-refractivity contribution in [3.05, 3.63) is 41.0 Å². The Balaban J connectivity index is 3.07. The number of primary amides is 1. The van der Waals surface area contributed by atoms with Crippen molar-refractivity contribution in [2.24, 2.45) is 5.73 Å². The van der Waals surface area contributed by atoms with Crippen LogP contribution >= 0.6 is 0 Å². The van der Waals surface area contributed by atoms with Gasteiger partial charge < -0.3 is 15.7 Å². The molecule has 0 fully saturated rings. The van der Waals surface area contributed by atoms with E-state index in [0.717, 1.165) is 11.6 Å². The third kappa shape index (κ3) is 4.76. The Morgan fingerprint density at radius 3 is 2.52 bits per heavy atom. The third-order valence-electron chi connectivity index (χ3n) is 2.95. The molecule has 1 aromatic carbocycles. The van der Waals surface area contributed by atoms with Gasteiger partial charge in [-0.2, -0.15) is 0 Å². The summed E-state index contributed by atoms with van der Waals surface area (Å²) in [6.07, 6.45) is 2.44. The van der Waals surface area contributed by atoms with Crippen LogP contribution in [0.4, 0.5) is 0 Å². The molecule has 0 radical (unpaired) electrons. The summed E-state index contributed by atoms with van der Waals surface area (Å²) in [5.41, 5.74) is 6.98. The number of likely N-dealkylation sites (N-methyl/N-ethyl adjacent to an activating group) is 1. The molecule has 0 saturated carbocycles. The molecule has 0 unspecified atom stereocenters. The van der Waals surface area contributed by atoms with Gasteiger partial charge >= 0.3 is 5.97 Å². The number of nitrogens with zero attached hydrogens (tertiary/aromatic N) is 1. The molecule has 0 aliphatic carbocycles. The first-order valence-corrected chi connectivity index (χ1v) is 6.44. The molecule has 0 saturated heterocycles. The van der Waals surface area contributed by atoms with Crippen molar-refractivity contribution in [2.75, 3.05) is 13.1 Å². The lowest BCUT2D eigenvalue weighted by Gasteiger charge is -2.19. The summed E-state index contributed by atoms with van der Waals surface area (Å²) in [7, 11) is 0. The molecule has 1 aromatic rings. The maximum Gasteiger partial charge on any atom is 0.328 e. The van der Waals surface area contributed by atoms with Crippen LogP contribution in [0.5, 0.6) is 0 Å².